The maximum absolute atomic E-state index is 11.5. The molecule has 17 heavy (non-hydrogen) atoms. The Kier molecular flexibility index (Phi) is 3.54. The van der Waals surface area contributed by atoms with Crippen LogP contribution in [0.4, 0.5) is 10.5 Å². The summed E-state index contributed by atoms with van der Waals surface area (Å²) in [5, 5.41) is 15.5. The van der Waals surface area contributed by atoms with Crippen LogP contribution in [-0.4, -0.2) is 23.0 Å². The van der Waals surface area contributed by atoms with E-state index >= 15 is 0 Å². The average Bonchev–Trinajstić information content (AvgIpc) is 2.25. The van der Waals surface area contributed by atoms with Gasteiger partial charge < -0.3 is 10.6 Å². The van der Waals surface area contributed by atoms with Gasteiger partial charge in [0, 0.05) is 12.2 Å². The predicted octanol–water partition coefficient (Wildman–Crippen LogP) is 1.28. The highest BCUT2D eigenvalue weighted by Gasteiger charge is 2.18. The second-order valence-corrected chi connectivity index (χ2v) is 3.97. The zero-order valence-corrected chi connectivity index (χ0v) is 9.36. The lowest BCUT2D eigenvalue weighted by molar-refractivity contribution is 0.255. The van der Waals surface area contributed by atoms with Crippen molar-refractivity contribution in [2.75, 3.05) is 5.32 Å². The molecule has 6 heteroatoms. The van der Waals surface area contributed by atoms with E-state index in [1.54, 1.807) is 24.5 Å². The van der Waals surface area contributed by atoms with E-state index in [0.717, 1.165) is 12.8 Å². The van der Waals surface area contributed by atoms with Crippen LogP contribution in [0.3, 0.4) is 0 Å². The standard InChI is InChI=1S/C11H15N5O/c12-10(14-8-3-1-4-8)16-11(17)15-9-5-2-6-13-7-9/h2,5-8H,1,3-4H2,(H4,12,14,15,16,17). The highest BCUT2D eigenvalue weighted by atomic mass is 16.2. The fourth-order valence-electron chi connectivity index (χ4n) is 1.51. The van der Waals surface area contributed by atoms with Crippen molar-refractivity contribution in [3.05, 3.63) is 24.5 Å². The Morgan fingerprint density at radius 2 is 2.29 bits per heavy atom. The molecular weight excluding hydrogens is 218 g/mol. The first-order chi connectivity index (χ1) is 8.24. The van der Waals surface area contributed by atoms with Gasteiger partial charge in [-0.25, -0.2) is 4.79 Å². The zero-order valence-electron chi connectivity index (χ0n) is 9.36. The lowest BCUT2D eigenvalue weighted by Gasteiger charge is -2.27. The van der Waals surface area contributed by atoms with Crippen LogP contribution >= 0.6 is 0 Å². The van der Waals surface area contributed by atoms with Gasteiger partial charge in [-0.15, -0.1) is 0 Å². The molecule has 1 aliphatic carbocycles. The van der Waals surface area contributed by atoms with Gasteiger partial charge in [0.1, 0.15) is 0 Å². The van der Waals surface area contributed by atoms with Gasteiger partial charge in [-0.3, -0.25) is 15.7 Å². The van der Waals surface area contributed by atoms with Crippen LogP contribution in [0.15, 0.2) is 24.5 Å². The van der Waals surface area contributed by atoms with Crippen molar-refractivity contribution in [1.29, 1.82) is 5.41 Å². The summed E-state index contributed by atoms with van der Waals surface area (Å²) in [4.78, 5) is 15.4. The molecule has 0 aromatic carbocycles. The van der Waals surface area contributed by atoms with Crippen LogP contribution < -0.4 is 16.0 Å². The number of pyridine rings is 1. The summed E-state index contributed by atoms with van der Waals surface area (Å²) in [6.07, 6.45) is 6.49. The van der Waals surface area contributed by atoms with Crippen molar-refractivity contribution >= 4 is 17.7 Å². The van der Waals surface area contributed by atoms with Gasteiger partial charge in [0.25, 0.3) is 0 Å². The summed E-state index contributed by atoms with van der Waals surface area (Å²) < 4.78 is 0. The van der Waals surface area contributed by atoms with E-state index in [1.807, 2.05) is 0 Å². The Hall–Kier alpha value is -2.11. The molecule has 6 nitrogen and oxygen atoms in total. The van der Waals surface area contributed by atoms with Crippen LogP contribution in [0.2, 0.25) is 0 Å². The fourth-order valence-corrected chi connectivity index (χ4v) is 1.51. The summed E-state index contributed by atoms with van der Waals surface area (Å²) in [6.45, 7) is 0. The van der Waals surface area contributed by atoms with Gasteiger partial charge in [-0.1, -0.05) is 0 Å². The van der Waals surface area contributed by atoms with Gasteiger partial charge in [0.15, 0.2) is 5.96 Å². The second kappa shape index (κ2) is 5.29. The Labute approximate surface area is 99.3 Å². The average molecular weight is 233 g/mol. The first kappa shape index (κ1) is 11.4. The van der Waals surface area contributed by atoms with Crippen LogP contribution in [0.1, 0.15) is 19.3 Å². The maximum Gasteiger partial charge on any atom is 0.326 e. The molecule has 0 aliphatic heterocycles. The number of amides is 2. The summed E-state index contributed by atoms with van der Waals surface area (Å²) in [7, 11) is 0. The monoisotopic (exact) mass is 233 g/mol. The number of anilines is 1. The topological polar surface area (TPSA) is 89.9 Å². The predicted molar refractivity (Wildman–Crippen MR) is 64.9 cm³/mol. The van der Waals surface area contributed by atoms with E-state index in [1.165, 1.54) is 6.42 Å². The third-order valence-electron chi connectivity index (χ3n) is 2.61. The van der Waals surface area contributed by atoms with Crippen molar-refractivity contribution < 1.29 is 4.79 Å². The molecule has 2 amide bonds. The van der Waals surface area contributed by atoms with Crippen LogP contribution in [0, 0.1) is 5.41 Å². The number of urea groups is 1. The number of hydrogen-bond acceptors (Lipinski definition) is 3. The number of guanidine groups is 1. The van der Waals surface area contributed by atoms with E-state index < -0.39 is 6.03 Å². The quantitative estimate of drug-likeness (QED) is 0.458. The van der Waals surface area contributed by atoms with Crippen LogP contribution in [0.5, 0.6) is 0 Å². The molecule has 2 rings (SSSR count). The molecule has 0 radical (unpaired) electrons. The van der Waals surface area contributed by atoms with Crippen LogP contribution in [-0.2, 0) is 0 Å². The van der Waals surface area contributed by atoms with Crippen molar-refractivity contribution in [2.45, 2.75) is 25.3 Å². The molecule has 1 aromatic rings. The van der Waals surface area contributed by atoms with Gasteiger partial charge in [-0.05, 0) is 31.4 Å². The molecule has 0 saturated heterocycles. The number of carbonyl (C=O) groups is 1. The van der Waals surface area contributed by atoms with Gasteiger partial charge in [-0.2, -0.15) is 0 Å². The number of rotatable bonds is 2. The zero-order chi connectivity index (χ0) is 12.1. The summed E-state index contributed by atoms with van der Waals surface area (Å²) in [5.74, 6) is 0.0380. The largest absolute Gasteiger partial charge is 0.353 e. The Morgan fingerprint density at radius 3 is 2.88 bits per heavy atom. The molecule has 1 aliphatic rings. The van der Waals surface area contributed by atoms with Crippen molar-refractivity contribution in [1.82, 2.24) is 15.6 Å². The van der Waals surface area contributed by atoms with Crippen molar-refractivity contribution in [3.63, 3.8) is 0 Å². The number of nitrogens with one attached hydrogen (secondary N) is 4. The number of aromatic nitrogens is 1. The Bertz CT molecular complexity index is 402. The molecule has 1 saturated carbocycles. The molecular formula is C11H15N5O. The molecule has 0 bridgehead atoms. The minimum absolute atomic E-state index is 0.0380. The SMILES string of the molecule is N=C(NC(=O)Nc1cccnc1)NC1CCC1. The lowest BCUT2D eigenvalue weighted by atomic mass is 9.93. The van der Waals surface area contributed by atoms with E-state index in [2.05, 4.69) is 20.9 Å². The van der Waals surface area contributed by atoms with E-state index in [-0.39, 0.29) is 5.96 Å². The molecule has 1 fully saturated rings. The normalized spacial score (nSPS) is 14.6. The minimum Gasteiger partial charge on any atom is -0.353 e. The maximum atomic E-state index is 11.5. The molecule has 0 unspecified atom stereocenters. The van der Waals surface area contributed by atoms with Gasteiger partial charge in [0.2, 0.25) is 0 Å². The number of carbonyl (C=O) groups excluding carboxylic acids is 1. The lowest BCUT2D eigenvalue weighted by Crippen LogP contribution is -2.48. The molecule has 90 valence electrons. The summed E-state index contributed by atoms with van der Waals surface area (Å²) >= 11 is 0. The second-order valence-electron chi connectivity index (χ2n) is 3.97. The molecule has 0 spiro atoms. The smallest absolute Gasteiger partial charge is 0.326 e. The van der Waals surface area contributed by atoms with Crippen LogP contribution in [0.25, 0.3) is 0 Å². The Balaban J connectivity index is 1.75. The molecule has 1 heterocycles. The summed E-state index contributed by atoms with van der Waals surface area (Å²) in [6, 6.07) is 3.36. The Morgan fingerprint density at radius 1 is 1.47 bits per heavy atom. The third kappa shape index (κ3) is 3.44. The fraction of sp³-hybridized carbons (Fsp3) is 0.364. The number of hydrogen-bond donors (Lipinski definition) is 4. The van der Waals surface area contributed by atoms with Crippen molar-refractivity contribution in [3.8, 4) is 0 Å². The van der Waals surface area contributed by atoms with Crippen molar-refractivity contribution in [2.24, 2.45) is 0 Å². The molecule has 0 atom stereocenters. The highest BCUT2D eigenvalue weighted by molar-refractivity contribution is 6.01. The number of nitrogens with zero attached hydrogens (tertiary/aromatic N) is 1. The van der Waals surface area contributed by atoms with E-state index in [4.69, 9.17) is 5.41 Å². The first-order valence-electron chi connectivity index (χ1n) is 5.57. The van der Waals surface area contributed by atoms with Gasteiger partial charge >= 0.3 is 6.03 Å². The summed E-state index contributed by atoms with van der Waals surface area (Å²) in [5.41, 5.74) is 0.599. The first-order valence-corrected chi connectivity index (χ1v) is 5.57. The van der Waals surface area contributed by atoms with Gasteiger partial charge in [0.05, 0.1) is 11.9 Å². The molecule has 1 aromatic heterocycles. The minimum atomic E-state index is -0.435. The third-order valence-corrected chi connectivity index (χ3v) is 2.61. The van der Waals surface area contributed by atoms with E-state index in [0.29, 0.717) is 11.7 Å². The van der Waals surface area contributed by atoms with E-state index in [9.17, 15) is 4.79 Å². The highest BCUT2D eigenvalue weighted by Crippen LogP contribution is 2.17. The molecule has 4 N–H and O–H groups in total.